The lowest BCUT2D eigenvalue weighted by Crippen LogP contribution is -2.17. The third kappa shape index (κ3) is 5.98. The van der Waals surface area contributed by atoms with E-state index >= 15 is 0 Å². The van der Waals surface area contributed by atoms with Crippen molar-refractivity contribution < 1.29 is 18.9 Å². The number of halogens is 1. The van der Waals surface area contributed by atoms with Gasteiger partial charge in [-0.15, -0.1) is 0 Å². The number of rotatable bonds is 11. The quantitative estimate of drug-likeness (QED) is 0.147. The molecule has 6 nitrogen and oxygen atoms in total. The molecule has 2 aromatic carbocycles. The van der Waals surface area contributed by atoms with Crippen molar-refractivity contribution >= 4 is 16.8 Å². The Morgan fingerprint density at radius 1 is 1.06 bits per heavy atom. The van der Waals surface area contributed by atoms with Crippen LogP contribution < -0.4 is 5.48 Å². The molecule has 1 amide bonds. The minimum atomic E-state index is -0.326. The average Bonchev–Trinajstić information content (AvgIpc) is 3.37. The second-order valence-corrected chi connectivity index (χ2v) is 9.13. The molecule has 4 rings (SSSR count). The van der Waals surface area contributed by atoms with E-state index in [0.717, 1.165) is 73.2 Å². The van der Waals surface area contributed by atoms with Crippen molar-refractivity contribution in [3.05, 3.63) is 77.1 Å². The molecule has 0 unspecified atom stereocenters. The van der Waals surface area contributed by atoms with Crippen molar-refractivity contribution in [2.24, 2.45) is 0 Å². The Hall–Kier alpha value is -3.45. The largest absolute Gasteiger partial charge is 0.361 e. The molecule has 0 saturated carbocycles. The Balaban J connectivity index is 1.53. The van der Waals surface area contributed by atoms with Crippen molar-refractivity contribution in [2.45, 2.75) is 65.3 Å². The van der Waals surface area contributed by atoms with Crippen LogP contribution in [0, 0.1) is 19.7 Å². The van der Waals surface area contributed by atoms with E-state index in [4.69, 9.17) is 9.73 Å². The molecule has 0 aliphatic carbocycles. The highest BCUT2D eigenvalue weighted by Crippen LogP contribution is 2.33. The zero-order valence-corrected chi connectivity index (χ0v) is 20.3. The van der Waals surface area contributed by atoms with Crippen LogP contribution in [0.15, 0.2) is 53.2 Å². The Labute approximate surface area is 204 Å². The Morgan fingerprint density at radius 3 is 2.51 bits per heavy atom. The van der Waals surface area contributed by atoms with Gasteiger partial charge in [0.05, 0.1) is 5.69 Å². The lowest BCUT2D eigenvalue weighted by molar-refractivity contribution is -0.129. The fourth-order valence-corrected chi connectivity index (χ4v) is 4.72. The topological polar surface area (TPSA) is 80.3 Å². The lowest BCUT2D eigenvalue weighted by atomic mass is 9.99. The number of carbonyl (C=O) groups excluding carboxylic acids is 1. The predicted molar refractivity (Wildman–Crippen MR) is 134 cm³/mol. The Bertz CT molecular complexity index is 1270. The van der Waals surface area contributed by atoms with Crippen molar-refractivity contribution in [1.82, 2.24) is 15.2 Å². The molecule has 2 aromatic heterocycles. The fraction of sp³-hybridized carbons (Fsp3) is 0.357. The predicted octanol–water partition coefficient (Wildman–Crippen LogP) is 6.49. The summed E-state index contributed by atoms with van der Waals surface area (Å²) in [5.41, 5.74) is 8.11. The van der Waals surface area contributed by atoms with E-state index in [0.29, 0.717) is 6.42 Å². The zero-order valence-electron chi connectivity index (χ0n) is 20.3. The summed E-state index contributed by atoms with van der Waals surface area (Å²) in [6.45, 7) is 4.79. The first-order valence-electron chi connectivity index (χ1n) is 12.2. The maximum atomic E-state index is 13.4. The highest BCUT2D eigenvalue weighted by molar-refractivity contribution is 5.89. The lowest BCUT2D eigenvalue weighted by Gasteiger charge is -2.07. The van der Waals surface area contributed by atoms with Crippen molar-refractivity contribution in [3.8, 4) is 11.1 Å². The van der Waals surface area contributed by atoms with Gasteiger partial charge >= 0.3 is 0 Å². The average molecular weight is 478 g/mol. The van der Waals surface area contributed by atoms with E-state index in [2.05, 4.69) is 34.1 Å². The molecule has 184 valence electrons. The number of nitrogens with one attached hydrogen (secondary N) is 1. The number of nitrogens with zero attached hydrogens (tertiary/aromatic N) is 2. The summed E-state index contributed by atoms with van der Waals surface area (Å²) in [6, 6.07) is 13.2. The molecule has 7 heteroatoms. The van der Waals surface area contributed by atoms with E-state index in [9.17, 15) is 9.18 Å². The number of aryl methyl sites for hydroxylation is 3. The highest BCUT2D eigenvalue weighted by atomic mass is 19.1. The summed E-state index contributed by atoms with van der Waals surface area (Å²) in [7, 11) is 0. The molecule has 35 heavy (non-hydrogen) atoms. The van der Waals surface area contributed by atoms with Gasteiger partial charge < -0.3 is 9.09 Å². The molecule has 0 atom stereocenters. The van der Waals surface area contributed by atoms with Crippen molar-refractivity contribution in [3.63, 3.8) is 0 Å². The van der Waals surface area contributed by atoms with Gasteiger partial charge in [-0.25, -0.2) is 9.87 Å². The van der Waals surface area contributed by atoms with Crippen LogP contribution in [0.4, 0.5) is 4.39 Å². The molecule has 0 aliphatic rings. The minimum absolute atomic E-state index is 0.228. The number of carbonyl (C=O) groups is 1. The molecule has 2 N–H and O–H groups in total. The monoisotopic (exact) mass is 477 g/mol. The van der Waals surface area contributed by atoms with Gasteiger partial charge in [0.2, 0.25) is 5.91 Å². The number of amides is 1. The third-order valence-corrected chi connectivity index (χ3v) is 6.52. The summed E-state index contributed by atoms with van der Waals surface area (Å²) in [6.07, 6.45) is 8.22. The molecule has 0 aliphatic heterocycles. The van der Waals surface area contributed by atoms with Gasteiger partial charge in [0, 0.05) is 35.6 Å². The van der Waals surface area contributed by atoms with Crippen LogP contribution in [0.25, 0.3) is 22.0 Å². The number of hydroxylamine groups is 1. The first-order valence-corrected chi connectivity index (χ1v) is 12.2. The van der Waals surface area contributed by atoms with E-state index in [1.807, 2.05) is 26.0 Å². The molecular weight excluding hydrogens is 445 g/mol. The van der Waals surface area contributed by atoms with E-state index in [1.165, 1.54) is 28.6 Å². The van der Waals surface area contributed by atoms with Gasteiger partial charge in [-0.3, -0.25) is 10.0 Å². The molecule has 4 aromatic rings. The van der Waals surface area contributed by atoms with Gasteiger partial charge in [-0.1, -0.05) is 42.6 Å². The molecule has 2 heterocycles. The first kappa shape index (κ1) is 24.7. The van der Waals surface area contributed by atoms with Gasteiger partial charge in [0.25, 0.3) is 0 Å². The van der Waals surface area contributed by atoms with Crippen LogP contribution in [0.2, 0.25) is 0 Å². The second-order valence-electron chi connectivity index (χ2n) is 9.13. The summed E-state index contributed by atoms with van der Waals surface area (Å²) < 4.78 is 21.1. The van der Waals surface area contributed by atoms with Crippen molar-refractivity contribution in [1.29, 1.82) is 0 Å². The third-order valence-electron chi connectivity index (χ3n) is 6.52. The summed E-state index contributed by atoms with van der Waals surface area (Å²) >= 11 is 0. The van der Waals surface area contributed by atoms with Crippen LogP contribution in [-0.2, 0) is 17.8 Å². The maximum Gasteiger partial charge on any atom is 0.243 e. The van der Waals surface area contributed by atoms with Crippen LogP contribution >= 0.6 is 0 Å². The van der Waals surface area contributed by atoms with Crippen molar-refractivity contribution in [2.75, 3.05) is 0 Å². The number of benzene rings is 2. The number of aromatic nitrogens is 2. The second kappa shape index (κ2) is 11.3. The van der Waals surface area contributed by atoms with Gasteiger partial charge in [0.15, 0.2) is 0 Å². The minimum Gasteiger partial charge on any atom is -0.361 e. The van der Waals surface area contributed by atoms with Crippen LogP contribution in [0.1, 0.15) is 61.1 Å². The highest BCUT2D eigenvalue weighted by Gasteiger charge is 2.15. The molecular formula is C28H32FN3O3. The Kier molecular flexibility index (Phi) is 7.98. The maximum absolute atomic E-state index is 13.4. The van der Waals surface area contributed by atoms with Crippen LogP contribution in [0.5, 0.6) is 0 Å². The molecule has 0 fully saturated rings. The van der Waals surface area contributed by atoms with Crippen LogP contribution in [0.3, 0.4) is 0 Å². The van der Waals surface area contributed by atoms with Crippen LogP contribution in [-0.4, -0.2) is 20.8 Å². The normalized spacial score (nSPS) is 11.3. The van der Waals surface area contributed by atoms with E-state index in [-0.39, 0.29) is 11.7 Å². The zero-order chi connectivity index (χ0) is 24.8. The van der Waals surface area contributed by atoms with Gasteiger partial charge in [0.1, 0.15) is 11.6 Å². The first-order chi connectivity index (χ1) is 17.0. The summed E-state index contributed by atoms with van der Waals surface area (Å²) in [4.78, 5) is 11.1. The van der Waals surface area contributed by atoms with E-state index < -0.39 is 0 Å². The van der Waals surface area contributed by atoms with Gasteiger partial charge in [-0.05, 0) is 74.1 Å². The van der Waals surface area contributed by atoms with Gasteiger partial charge in [-0.2, -0.15) is 0 Å². The smallest absolute Gasteiger partial charge is 0.243 e. The standard InChI is InChI=1S/C28H32FN3O3/c1-19-28(20(2)35-31-19)22-11-14-26-25(17-22)23(16-21-9-12-24(29)13-10-21)18-32(26)15-7-5-3-4-6-8-27(33)30-34/h9-14,17-18,34H,3-8,15-16H2,1-2H3,(H,30,33). The summed E-state index contributed by atoms with van der Waals surface area (Å²) in [5, 5.41) is 13.9. The number of hydrogen-bond donors (Lipinski definition) is 2. The fourth-order valence-electron chi connectivity index (χ4n) is 4.72. The Morgan fingerprint density at radius 2 is 1.80 bits per heavy atom. The molecule has 0 radical (unpaired) electrons. The summed E-state index contributed by atoms with van der Waals surface area (Å²) in [5.74, 6) is 0.250. The number of hydrogen-bond acceptors (Lipinski definition) is 4. The molecule has 0 saturated heterocycles. The molecule has 0 bridgehead atoms. The van der Waals surface area contributed by atoms with E-state index in [1.54, 1.807) is 5.48 Å². The number of unbranched alkanes of at least 4 members (excludes halogenated alkanes) is 4. The number of fused-ring (bicyclic) bond motifs is 1. The SMILES string of the molecule is Cc1noc(C)c1-c1ccc2c(c1)c(Cc1ccc(F)cc1)cn2CCCCCCCC(=O)NO. The molecule has 0 spiro atoms.